The summed E-state index contributed by atoms with van der Waals surface area (Å²) in [6, 6.07) is 7.37. The Labute approximate surface area is 106 Å². The van der Waals surface area contributed by atoms with Crippen LogP contribution in [0, 0.1) is 17.2 Å². The molecule has 2 heteroatoms. The Balaban J connectivity index is 1.99. The third-order valence-corrected chi connectivity index (χ3v) is 5.18. The Kier molecular flexibility index (Phi) is 1.81. The number of para-hydroxylation sites is 1. The molecule has 5 rings (SSSR count). The highest BCUT2D eigenvalue weighted by Gasteiger charge is 2.53. The highest BCUT2D eigenvalue weighted by molar-refractivity contribution is 5.80. The van der Waals surface area contributed by atoms with Gasteiger partial charge in [0.2, 0.25) is 0 Å². The van der Waals surface area contributed by atoms with Crippen LogP contribution in [0.4, 0.5) is 4.39 Å². The highest BCUT2D eigenvalue weighted by atomic mass is 19.1. The molecule has 1 aromatic heterocycles. The molecule has 0 saturated heterocycles. The van der Waals surface area contributed by atoms with E-state index in [-0.39, 0.29) is 5.82 Å². The first kappa shape index (κ1) is 10.5. The summed E-state index contributed by atoms with van der Waals surface area (Å²) in [5.41, 5.74) is 3.38. The molecule has 3 aliphatic rings. The van der Waals surface area contributed by atoms with E-state index >= 15 is 0 Å². The highest BCUT2D eigenvalue weighted by Crippen LogP contribution is 2.61. The molecule has 92 valence electrons. The number of hydrogen-bond donors (Lipinski definition) is 0. The van der Waals surface area contributed by atoms with Crippen LogP contribution in [0.15, 0.2) is 24.3 Å². The van der Waals surface area contributed by atoms with Crippen LogP contribution in [0.5, 0.6) is 0 Å². The summed E-state index contributed by atoms with van der Waals surface area (Å²) in [7, 11) is 0. The minimum Gasteiger partial charge on any atom is -0.249 e. The SMILES string of the molecule is CC1(C)[C@H]2Cc3cc4cccc(F)c4nc3[C@@H]1C2. The van der Waals surface area contributed by atoms with E-state index in [9.17, 15) is 4.39 Å². The predicted octanol–water partition coefficient (Wildman–Crippen LogP) is 4.06. The lowest BCUT2D eigenvalue weighted by Crippen LogP contribution is -2.48. The van der Waals surface area contributed by atoms with E-state index in [1.165, 1.54) is 18.1 Å². The first-order valence-corrected chi connectivity index (χ1v) is 6.65. The number of fused-ring (bicyclic) bond motifs is 1. The molecule has 1 saturated carbocycles. The Morgan fingerprint density at radius 2 is 2.17 bits per heavy atom. The molecule has 0 amide bonds. The van der Waals surface area contributed by atoms with E-state index in [0.717, 1.165) is 23.4 Å². The van der Waals surface area contributed by atoms with Crippen molar-refractivity contribution in [1.29, 1.82) is 0 Å². The lowest BCUT2D eigenvalue weighted by Gasteiger charge is -2.56. The molecular weight excluding hydrogens is 225 g/mol. The van der Waals surface area contributed by atoms with E-state index in [0.29, 0.717) is 16.8 Å². The van der Waals surface area contributed by atoms with Gasteiger partial charge < -0.3 is 0 Å². The zero-order valence-corrected chi connectivity index (χ0v) is 10.7. The second kappa shape index (κ2) is 3.11. The average molecular weight is 241 g/mol. The summed E-state index contributed by atoms with van der Waals surface area (Å²) in [6.45, 7) is 4.64. The summed E-state index contributed by atoms with van der Waals surface area (Å²) in [4.78, 5) is 4.65. The summed E-state index contributed by atoms with van der Waals surface area (Å²) in [6.07, 6.45) is 2.34. The smallest absolute Gasteiger partial charge is 0.149 e. The fourth-order valence-electron chi connectivity index (χ4n) is 3.78. The maximum absolute atomic E-state index is 13.8. The molecule has 1 fully saturated rings. The summed E-state index contributed by atoms with van der Waals surface area (Å²) in [5.74, 6) is 1.10. The number of nitrogens with zero attached hydrogens (tertiary/aromatic N) is 1. The van der Waals surface area contributed by atoms with Crippen LogP contribution < -0.4 is 0 Å². The number of benzene rings is 1. The van der Waals surface area contributed by atoms with Crippen molar-refractivity contribution in [3.05, 3.63) is 41.3 Å². The molecule has 1 aromatic carbocycles. The van der Waals surface area contributed by atoms with Crippen LogP contribution in [0.25, 0.3) is 10.9 Å². The number of hydrogen-bond acceptors (Lipinski definition) is 1. The Morgan fingerprint density at radius 1 is 1.33 bits per heavy atom. The largest absolute Gasteiger partial charge is 0.249 e. The normalized spacial score (nSPS) is 27.7. The van der Waals surface area contributed by atoms with Gasteiger partial charge in [-0.15, -0.1) is 0 Å². The van der Waals surface area contributed by atoms with E-state index in [2.05, 4.69) is 24.9 Å². The number of pyridine rings is 1. The molecule has 3 aliphatic carbocycles. The van der Waals surface area contributed by atoms with Crippen molar-refractivity contribution < 1.29 is 4.39 Å². The van der Waals surface area contributed by atoms with Crippen molar-refractivity contribution in [2.24, 2.45) is 11.3 Å². The van der Waals surface area contributed by atoms with Crippen molar-refractivity contribution in [3.8, 4) is 0 Å². The average Bonchev–Trinajstić information content (AvgIpc) is 2.36. The zero-order chi connectivity index (χ0) is 12.5. The fraction of sp³-hybridized carbons (Fsp3) is 0.438. The van der Waals surface area contributed by atoms with Crippen LogP contribution in [0.1, 0.15) is 37.4 Å². The minimum atomic E-state index is -0.199. The van der Waals surface area contributed by atoms with Crippen LogP contribution in [-0.4, -0.2) is 4.98 Å². The van der Waals surface area contributed by atoms with E-state index in [1.807, 2.05) is 6.07 Å². The minimum absolute atomic E-state index is 0.199. The van der Waals surface area contributed by atoms with Gasteiger partial charge in [0.25, 0.3) is 0 Å². The molecule has 18 heavy (non-hydrogen) atoms. The van der Waals surface area contributed by atoms with Crippen molar-refractivity contribution in [2.75, 3.05) is 0 Å². The van der Waals surface area contributed by atoms with Gasteiger partial charge in [0.1, 0.15) is 11.3 Å². The van der Waals surface area contributed by atoms with Gasteiger partial charge in [-0.25, -0.2) is 9.37 Å². The topological polar surface area (TPSA) is 12.9 Å². The third kappa shape index (κ3) is 1.14. The summed E-state index contributed by atoms with van der Waals surface area (Å²) in [5, 5.41) is 0.938. The first-order valence-electron chi connectivity index (χ1n) is 6.65. The van der Waals surface area contributed by atoms with E-state index < -0.39 is 0 Å². The van der Waals surface area contributed by atoms with Crippen LogP contribution in [0.2, 0.25) is 0 Å². The van der Waals surface area contributed by atoms with Gasteiger partial charge in [-0.3, -0.25) is 0 Å². The van der Waals surface area contributed by atoms with E-state index in [4.69, 9.17) is 0 Å². The van der Waals surface area contributed by atoms with Gasteiger partial charge in [0, 0.05) is 17.0 Å². The standard InChI is InChI=1S/C16H16FN/c1-16(2)11-7-10-6-9-4-3-5-13(17)15(9)18-14(10)12(16)8-11/h3-6,11-12H,7-8H2,1-2H3/t11-,12-/m0/s1. The van der Waals surface area contributed by atoms with Gasteiger partial charge in [-0.1, -0.05) is 26.0 Å². The van der Waals surface area contributed by atoms with Crippen LogP contribution in [-0.2, 0) is 6.42 Å². The predicted molar refractivity (Wildman–Crippen MR) is 70.0 cm³/mol. The lowest BCUT2D eigenvalue weighted by atomic mass is 9.48. The molecule has 0 N–H and O–H groups in total. The molecule has 0 spiro atoms. The monoisotopic (exact) mass is 241 g/mol. The maximum atomic E-state index is 13.8. The van der Waals surface area contributed by atoms with Gasteiger partial charge in [0.05, 0.1) is 0 Å². The lowest BCUT2D eigenvalue weighted by molar-refractivity contribution is 0.0158. The Hall–Kier alpha value is -1.44. The number of aromatic nitrogens is 1. The van der Waals surface area contributed by atoms with Crippen LogP contribution in [0.3, 0.4) is 0 Å². The van der Waals surface area contributed by atoms with Crippen molar-refractivity contribution in [2.45, 2.75) is 32.6 Å². The molecule has 0 unspecified atom stereocenters. The summed E-state index contributed by atoms with van der Waals surface area (Å²) >= 11 is 0. The maximum Gasteiger partial charge on any atom is 0.149 e. The second-order valence-electron chi connectivity index (χ2n) is 6.35. The quantitative estimate of drug-likeness (QED) is 0.677. The van der Waals surface area contributed by atoms with Crippen molar-refractivity contribution in [1.82, 2.24) is 4.98 Å². The molecule has 2 aromatic rings. The van der Waals surface area contributed by atoms with Gasteiger partial charge >= 0.3 is 0 Å². The van der Waals surface area contributed by atoms with E-state index in [1.54, 1.807) is 6.07 Å². The van der Waals surface area contributed by atoms with Crippen molar-refractivity contribution in [3.63, 3.8) is 0 Å². The van der Waals surface area contributed by atoms with Gasteiger partial charge in [-0.2, -0.15) is 0 Å². The molecule has 0 radical (unpaired) electrons. The third-order valence-electron chi connectivity index (χ3n) is 5.18. The van der Waals surface area contributed by atoms with Crippen molar-refractivity contribution >= 4 is 10.9 Å². The molecule has 1 nitrogen and oxygen atoms in total. The molecule has 2 bridgehead atoms. The zero-order valence-electron chi connectivity index (χ0n) is 10.7. The Bertz CT molecular complexity index is 659. The molecule has 2 atom stereocenters. The summed E-state index contributed by atoms with van der Waals surface area (Å²) < 4.78 is 13.8. The first-order chi connectivity index (χ1) is 8.57. The molecule has 1 heterocycles. The van der Waals surface area contributed by atoms with Gasteiger partial charge in [0.15, 0.2) is 0 Å². The van der Waals surface area contributed by atoms with Gasteiger partial charge in [-0.05, 0) is 41.9 Å². The van der Waals surface area contributed by atoms with Crippen LogP contribution >= 0.6 is 0 Å². The number of halogens is 1. The Morgan fingerprint density at radius 3 is 2.94 bits per heavy atom. The number of rotatable bonds is 0. The molecule has 0 aliphatic heterocycles. The molecular formula is C16H16FN. The fourth-order valence-corrected chi connectivity index (χ4v) is 3.78. The second-order valence-corrected chi connectivity index (χ2v) is 6.35.